The second-order valence-electron chi connectivity index (χ2n) is 7.58. The zero-order chi connectivity index (χ0) is 19.7. The smallest absolute Gasteiger partial charge is 0.251 e. The minimum atomic E-state index is -0.443. The molecule has 0 radical (unpaired) electrons. The third kappa shape index (κ3) is 3.91. The number of benzene rings is 1. The molecule has 3 N–H and O–H groups in total. The molecular formula is C21H26N4O2S. The van der Waals surface area contributed by atoms with Crippen LogP contribution in [0.25, 0.3) is 0 Å². The fourth-order valence-electron chi connectivity index (χ4n) is 4.11. The highest BCUT2D eigenvalue weighted by atomic mass is 32.1. The summed E-state index contributed by atoms with van der Waals surface area (Å²) in [5.74, 6) is -0.520. The van der Waals surface area contributed by atoms with Crippen LogP contribution in [-0.4, -0.2) is 49.4 Å². The van der Waals surface area contributed by atoms with E-state index in [4.69, 9.17) is 5.73 Å². The van der Waals surface area contributed by atoms with E-state index >= 15 is 0 Å². The van der Waals surface area contributed by atoms with Gasteiger partial charge in [0, 0.05) is 36.7 Å². The lowest BCUT2D eigenvalue weighted by atomic mass is 10.1. The van der Waals surface area contributed by atoms with Crippen LogP contribution in [0.2, 0.25) is 0 Å². The molecule has 2 aliphatic rings. The van der Waals surface area contributed by atoms with Crippen molar-refractivity contribution >= 4 is 33.8 Å². The monoisotopic (exact) mass is 398 g/mol. The number of rotatable bonds is 5. The van der Waals surface area contributed by atoms with Crippen molar-refractivity contribution in [3.63, 3.8) is 0 Å². The lowest BCUT2D eigenvalue weighted by Crippen LogP contribution is -2.48. The molecule has 2 heterocycles. The maximum atomic E-state index is 12.6. The molecule has 1 saturated heterocycles. The Labute approximate surface area is 169 Å². The van der Waals surface area contributed by atoms with Gasteiger partial charge in [0.05, 0.1) is 12.1 Å². The second kappa shape index (κ2) is 7.93. The predicted molar refractivity (Wildman–Crippen MR) is 113 cm³/mol. The van der Waals surface area contributed by atoms with E-state index < -0.39 is 5.91 Å². The molecule has 1 aliphatic carbocycles. The van der Waals surface area contributed by atoms with Gasteiger partial charge in [-0.05, 0) is 49.4 Å². The lowest BCUT2D eigenvalue weighted by molar-refractivity contribution is -0.117. The van der Waals surface area contributed by atoms with Gasteiger partial charge in [-0.1, -0.05) is 12.1 Å². The van der Waals surface area contributed by atoms with E-state index in [0.717, 1.165) is 51.0 Å². The Hall–Kier alpha value is -2.38. The summed E-state index contributed by atoms with van der Waals surface area (Å²) >= 11 is 1.51. The first-order valence-electron chi connectivity index (χ1n) is 9.79. The number of thiophene rings is 1. The number of amides is 2. The van der Waals surface area contributed by atoms with Crippen LogP contribution in [0.3, 0.4) is 0 Å². The minimum Gasteiger partial charge on any atom is -0.369 e. The predicted octanol–water partition coefficient (Wildman–Crippen LogP) is 2.40. The van der Waals surface area contributed by atoms with Gasteiger partial charge in [-0.3, -0.25) is 14.5 Å². The van der Waals surface area contributed by atoms with Crippen LogP contribution in [0.4, 0.5) is 10.7 Å². The number of primary amides is 1. The molecule has 6 nitrogen and oxygen atoms in total. The van der Waals surface area contributed by atoms with Gasteiger partial charge in [0.15, 0.2) is 0 Å². The molecule has 1 aromatic carbocycles. The maximum absolute atomic E-state index is 12.6. The van der Waals surface area contributed by atoms with Gasteiger partial charge >= 0.3 is 0 Å². The number of aryl methyl sites for hydroxylation is 2. The number of nitrogens with one attached hydrogen (secondary N) is 1. The summed E-state index contributed by atoms with van der Waals surface area (Å²) in [5, 5.41) is 3.57. The lowest BCUT2D eigenvalue weighted by Gasteiger charge is -2.35. The fraction of sp³-hybridized carbons (Fsp3) is 0.429. The van der Waals surface area contributed by atoms with Crippen molar-refractivity contribution in [2.45, 2.75) is 26.2 Å². The first-order chi connectivity index (χ1) is 13.5. The molecule has 7 heteroatoms. The molecule has 0 unspecified atom stereocenters. The molecular weight excluding hydrogens is 372 g/mol. The van der Waals surface area contributed by atoms with Gasteiger partial charge in [0.1, 0.15) is 5.00 Å². The third-order valence-corrected chi connectivity index (χ3v) is 6.73. The number of carbonyl (C=O) groups is 2. The van der Waals surface area contributed by atoms with Crippen molar-refractivity contribution in [1.29, 1.82) is 0 Å². The Morgan fingerprint density at radius 1 is 1.18 bits per heavy atom. The molecule has 0 saturated carbocycles. The number of piperazine rings is 1. The van der Waals surface area contributed by atoms with Gasteiger partial charge in [0.2, 0.25) is 5.91 Å². The maximum Gasteiger partial charge on any atom is 0.251 e. The molecule has 148 valence electrons. The van der Waals surface area contributed by atoms with Crippen LogP contribution in [0, 0.1) is 6.92 Å². The summed E-state index contributed by atoms with van der Waals surface area (Å²) in [7, 11) is 0. The SMILES string of the molecule is Cc1cccc(N2CCN(CC(=O)Nc3sc4c(c3C(N)=O)CCC4)CC2)c1. The van der Waals surface area contributed by atoms with E-state index in [2.05, 4.69) is 46.3 Å². The Morgan fingerprint density at radius 3 is 2.68 bits per heavy atom. The standard InChI is InChI=1S/C21H26N4O2S/c1-14-4-2-5-15(12-14)25-10-8-24(9-11-25)13-18(26)23-21-19(20(22)27)16-6-3-7-17(16)28-21/h2,4-5,12H,3,6-11,13H2,1H3,(H2,22,27)(H,23,26). The zero-order valence-electron chi connectivity index (χ0n) is 16.2. The Morgan fingerprint density at radius 2 is 1.96 bits per heavy atom. The van der Waals surface area contributed by atoms with Crippen molar-refractivity contribution < 1.29 is 9.59 Å². The van der Waals surface area contributed by atoms with Crippen molar-refractivity contribution in [3.05, 3.63) is 45.8 Å². The van der Waals surface area contributed by atoms with E-state index in [1.807, 2.05) is 0 Å². The number of nitrogens with two attached hydrogens (primary N) is 1. The first-order valence-corrected chi connectivity index (χ1v) is 10.6. The molecule has 4 rings (SSSR count). The summed E-state index contributed by atoms with van der Waals surface area (Å²) in [6.45, 7) is 5.91. The zero-order valence-corrected chi connectivity index (χ0v) is 17.0. The average Bonchev–Trinajstić information content (AvgIpc) is 3.22. The van der Waals surface area contributed by atoms with E-state index in [0.29, 0.717) is 17.1 Å². The minimum absolute atomic E-state index is 0.0774. The van der Waals surface area contributed by atoms with Crippen LogP contribution < -0.4 is 16.0 Å². The number of fused-ring (bicyclic) bond motifs is 1. The number of hydrogen-bond donors (Lipinski definition) is 2. The van der Waals surface area contributed by atoms with Crippen LogP contribution in [-0.2, 0) is 17.6 Å². The van der Waals surface area contributed by atoms with E-state index in [9.17, 15) is 9.59 Å². The Kier molecular flexibility index (Phi) is 5.37. The Balaban J connectivity index is 1.34. The number of anilines is 2. The highest BCUT2D eigenvalue weighted by Gasteiger charge is 2.27. The van der Waals surface area contributed by atoms with Gasteiger partial charge in [-0.2, -0.15) is 0 Å². The van der Waals surface area contributed by atoms with Gasteiger partial charge in [0.25, 0.3) is 5.91 Å². The van der Waals surface area contributed by atoms with Crippen LogP contribution >= 0.6 is 11.3 Å². The normalized spacial score (nSPS) is 16.8. The fourth-order valence-corrected chi connectivity index (χ4v) is 5.42. The van der Waals surface area contributed by atoms with Gasteiger partial charge in [-0.15, -0.1) is 11.3 Å². The van der Waals surface area contributed by atoms with Gasteiger partial charge < -0.3 is 16.0 Å². The summed E-state index contributed by atoms with van der Waals surface area (Å²) in [4.78, 5) is 30.1. The number of hydrogen-bond acceptors (Lipinski definition) is 5. The van der Waals surface area contributed by atoms with Crippen molar-refractivity contribution in [2.75, 3.05) is 42.9 Å². The van der Waals surface area contributed by atoms with E-state index in [-0.39, 0.29) is 5.91 Å². The summed E-state index contributed by atoms with van der Waals surface area (Å²) in [5.41, 5.74) is 9.63. The average molecular weight is 399 g/mol. The van der Waals surface area contributed by atoms with Crippen LogP contribution in [0.15, 0.2) is 24.3 Å². The van der Waals surface area contributed by atoms with Gasteiger partial charge in [-0.25, -0.2) is 0 Å². The van der Waals surface area contributed by atoms with Crippen molar-refractivity contribution in [3.8, 4) is 0 Å². The van der Waals surface area contributed by atoms with Crippen LogP contribution in [0.1, 0.15) is 32.8 Å². The molecule has 2 aromatic rings. The second-order valence-corrected chi connectivity index (χ2v) is 8.68. The topological polar surface area (TPSA) is 78.7 Å². The van der Waals surface area contributed by atoms with E-state index in [1.165, 1.54) is 27.5 Å². The van der Waals surface area contributed by atoms with Crippen molar-refractivity contribution in [1.82, 2.24) is 4.90 Å². The molecule has 1 aromatic heterocycles. The highest BCUT2D eigenvalue weighted by Crippen LogP contribution is 2.38. The van der Waals surface area contributed by atoms with E-state index in [1.54, 1.807) is 0 Å². The summed E-state index contributed by atoms with van der Waals surface area (Å²) in [6, 6.07) is 8.52. The molecule has 0 bridgehead atoms. The molecule has 0 spiro atoms. The Bertz CT molecular complexity index is 900. The highest BCUT2D eigenvalue weighted by molar-refractivity contribution is 7.17. The number of carbonyl (C=O) groups excluding carboxylic acids is 2. The first kappa shape index (κ1) is 19.0. The summed E-state index contributed by atoms with van der Waals surface area (Å²) < 4.78 is 0. The largest absolute Gasteiger partial charge is 0.369 e. The number of nitrogens with zero attached hydrogens (tertiary/aromatic N) is 2. The summed E-state index contributed by atoms with van der Waals surface area (Å²) in [6.07, 6.45) is 2.90. The molecule has 28 heavy (non-hydrogen) atoms. The quantitative estimate of drug-likeness (QED) is 0.811. The van der Waals surface area contributed by atoms with Crippen LogP contribution in [0.5, 0.6) is 0 Å². The third-order valence-electron chi connectivity index (χ3n) is 5.53. The molecule has 2 amide bonds. The molecule has 1 fully saturated rings. The molecule has 0 atom stereocenters. The van der Waals surface area contributed by atoms with Crippen molar-refractivity contribution in [2.24, 2.45) is 5.73 Å². The molecule has 1 aliphatic heterocycles.